The van der Waals surface area contributed by atoms with Gasteiger partial charge in [0.05, 0.1) is 6.61 Å². The largest absolute Gasteiger partial charge is 0.394 e. The Hall–Kier alpha value is -1.18. The first-order chi connectivity index (χ1) is 8.63. The number of hydrogen-bond donors (Lipinski definition) is 5. The molecule has 1 aromatic rings. The summed E-state index contributed by atoms with van der Waals surface area (Å²) in [4.78, 5) is 0. The van der Waals surface area contributed by atoms with Crippen molar-refractivity contribution in [3.63, 3.8) is 0 Å². The van der Waals surface area contributed by atoms with E-state index in [-0.39, 0.29) is 0 Å². The Morgan fingerprint density at radius 2 is 1.72 bits per heavy atom. The molecule has 6 heteroatoms. The van der Waals surface area contributed by atoms with Gasteiger partial charge in [-0.05, 0) is 12.1 Å². The van der Waals surface area contributed by atoms with Crippen molar-refractivity contribution >= 4 is 5.69 Å². The summed E-state index contributed by atoms with van der Waals surface area (Å²) in [5, 5.41) is 41.2. The van der Waals surface area contributed by atoms with Gasteiger partial charge in [-0.3, -0.25) is 0 Å². The van der Waals surface area contributed by atoms with Gasteiger partial charge in [0.1, 0.15) is 24.4 Å². The van der Waals surface area contributed by atoms with Crippen LogP contribution >= 0.6 is 0 Å². The Bertz CT molecular complexity index is 374. The molecular weight excluding hydrogens is 238 g/mol. The lowest BCUT2D eigenvalue weighted by Crippen LogP contribution is -2.61. The van der Waals surface area contributed by atoms with Gasteiger partial charge in [0, 0.05) is 5.69 Å². The minimum Gasteiger partial charge on any atom is -0.394 e. The average molecular weight is 255 g/mol. The molecule has 0 aliphatic carbocycles. The Balaban J connectivity index is 2.08. The van der Waals surface area contributed by atoms with Gasteiger partial charge in [-0.2, -0.15) is 0 Å². The second-order valence-electron chi connectivity index (χ2n) is 4.27. The van der Waals surface area contributed by atoms with E-state index in [1.807, 2.05) is 6.07 Å². The van der Waals surface area contributed by atoms with E-state index < -0.39 is 37.3 Å². The maximum absolute atomic E-state index is 9.91. The van der Waals surface area contributed by atoms with Crippen molar-refractivity contribution in [3.8, 4) is 0 Å². The number of rotatable bonds is 3. The van der Waals surface area contributed by atoms with Crippen LogP contribution in [-0.4, -0.2) is 57.7 Å². The van der Waals surface area contributed by atoms with Gasteiger partial charge in [-0.1, -0.05) is 18.2 Å². The normalized spacial score (nSPS) is 36.3. The zero-order valence-corrected chi connectivity index (χ0v) is 9.68. The summed E-state index contributed by atoms with van der Waals surface area (Å²) in [7, 11) is 0. The van der Waals surface area contributed by atoms with E-state index in [1.54, 1.807) is 24.3 Å². The molecule has 0 radical (unpaired) electrons. The molecule has 1 heterocycles. The van der Waals surface area contributed by atoms with Crippen LogP contribution in [0.4, 0.5) is 5.69 Å². The quantitative estimate of drug-likeness (QED) is 0.470. The fourth-order valence-corrected chi connectivity index (χ4v) is 1.98. The van der Waals surface area contributed by atoms with Gasteiger partial charge < -0.3 is 30.5 Å². The summed E-state index contributed by atoms with van der Waals surface area (Å²) < 4.78 is 5.04. The third kappa shape index (κ3) is 2.63. The monoisotopic (exact) mass is 255 g/mol. The van der Waals surface area contributed by atoms with E-state index >= 15 is 0 Å². The molecule has 1 aliphatic heterocycles. The highest BCUT2D eigenvalue weighted by Crippen LogP contribution is 2.22. The summed E-state index contributed by atoms with van der Waals surface area (Å²) in [5.74, 6) is 0. The van der Waals surface area contributed by atoms with Crippen molar-refractivity contribution in [1.29, 1.82) is 0 Å². The van der Waals surface area contributed by atoms with E-state index in [0.717, 1.165) is 0 Å². The van der Waals surface area contributed by atoms with Crippen LogP contribution in [0.25, 0.3) is 0 Å². The summed E-state index contributed by atoms with van der Waals surface area (Å²) in [6, 6.07) is 8.13. The Morgan fingerprint density at radius 3 is 2.33 bits per heavy atom. The highest BCUT2D eigenvalue weighted by atomic mass is 16.6. The second-order valence-corrected chi connectivity index (χ2v) is 4.27. The van der Waals surface area contributed by atoms with Crippen molar-refractivity contribution < 1.29 is 25.2 Å². The number of nitrogens with one attached hydrogen (secondary N) is 1. The molecule has 0 bridgehead atoms. The first-order valence-electron chi connectivity index (χ1n) is 5.75. The molecular formula is C12H17NO5. The standard InChI is InChI=1S/C12H17NO5/c14-6-8-10(15)11(16)9(12(17)18-8)13-7-4-2-1-3-5-7/h1-5,8-17H,6H2/t8-,9-,10+,11-,12?/m1/s1. The first-order valence-corrected chi connectivity index (χ1v) is 5.75. The Labute approximate surface area is 104 Å². The van der Waals surface area contributed by atoms with Gasteiger partial charge >= 0.3 is 0 Å². The van der Waals surface area contributed by atoms with Crippen LogP contribution in [0.2, 0.25) is 0 Å². The number of ether oxygens (including phenoxy) is 1. The molecule has 2 rings (SSSR count). The first kappa shape index (κ1) is 13.3. The Kier molecular flexibility index (Phi) is 4.15. The van der Waals surface area contributed by atoms with Gasteiger partial charge in [0.15, 0.2) is 6.29 Å². The minimum atomic E-state index is -1.30. The molecule has 1 unspecified atom stereocenters. The zero-order valence-electron chi connectivity index (χ0n) is 9.68. The predicted molar refractivity (Wildman–Crippen MR) is 63.8 cm³/mol. The number of aliphatic hydroxyl groups excluding tert-OH is 4. The zero-order chi connectivity index (χ0) is 13.1. The average Bonchev–Trinajstić information content (AvgIpc) is 2.40. The molecule has 0 saturated carbocycles. The molecule has 6 nitrogen and oxygen atoms in total. The van der Waals surface area contributed by atoms with Gasteiger partial charge in [-0.15, -0.1) is 0 Å². The number of aliphatic hydroxyl groups is 4. The number of para-hydroxylation sites is 1. The van der Waals surface area contributed by atoms with Crippen molar-refractivity contribution in [2.45, 2.75) is 30.6 Å². The summed E-state index contributed by atoms with van der Waals surface area (Å²) in [6.45, 7) is -0.465. The molecule has 0 amide bonds. The summed E-state index contributed by atoms with van der Waals surface area (Å²) in [6.07, 6.45) is -4.77. The fourth-order valence-electron chi connectivity index (χ4n) is 1.98. The van der Waals surface area contributed by atoms with E-state index in [4.69, 9.17) is 9.84 Å². The van der Waals surface area contributed by atoms with Crippen LogP contribution in [0.1, 0.15) is 0 Å². The molecule has 5 N–H and O–H groups in total. The number of hydrogen-bond acceptors (Lipinski definition) is 6. The fraction of sp³-hybridized carbons (Fsp3) is 0.500. The third-order valence-corrected chi connectivity index (χ3v) is 3.01. The maximum atomic E-state index is 9.91. The molecule has 1 saturated heterocycles. The third-order valence-electron chi connectivity index (χ3n) is 3.01. The lowest BCUT2D eigenvalue weighted by Gasteiger charge is -2.40. The number of benzene rings is 1. The number of anilines is 1. The SMILES string of the molecule is OC[C@H]1OC(O)[C@H](Nc2ccccc2)[C@@H](O)[C@H]1O. The van der Waals surface area contributed by atoms with Crippen LogP contribution in [0.3, 0.4) is 0 Å². The second kappa shape index (κ2) is 5.64. The van der Waals surface area contributed by atoms with E-state index in [0.29, 0.717) is 5.69 Å². The van der Waals surface area contributed by atoms with E-state index in [2.05, 4.69) is 5.32 Å². The predicted octanol–water partition coefficient (Wildman–Crippen LogP) is -1.10. The highest BCUT2D eigenvalue weighted by Gasteiger charge is 2.43. The highest BCUT2D eigenvalue weighted by molar-refractivity contribution is 5.44. The van der Waals surface area contributed by atoms with Crippen LogP contribution in [0, 0.1) is 0 Å². The van der Waals surface area contributed by atoms with Crippen molar-refractivity contribution in [2.24, 2.45) is 0 Å². The summed E-state index contributed by atoms with van der Waals surface area (Å²) in [5.41, 5.74) is 0.693. The minimum absolute atomic E-state index is 0.465. The van der Waals surface area contributed by atoms with Crippen molar-refractivity contribution in [3.05, 3.63) is 30.3 Å². The van der Waals surface area contributed by atoms with Crippen LogP contribution < -0.4 is 5.32 Å². The van der Waals surface area contributed by atoms with Crippen LogP contribution in [0.5, 0.6) is 0 Å². The van der Waals surface area contributed by atoms with Crippen molar-refractivity contribution in [2.75, 3.05) is 11.9 Å². The molecule has 1 fully saturated rings. The van der Waals surface area contributed by atoms with E-state index in [1.165, 1.54) is 0 Å². The Morgan fingerprint density at radius 1 is 1.06 bits per heavy atom. The lowest BCUT2D eigenvalue weighted by molar-refractivity contribution is -0.245. The van der Waals surface area contributed by atoms with Gasteiger partial charge in [0.25, 0.3) is 0 Å². The van der Waals surface area contributed by atoms with Crippen LogP contribution in [-0.2, 0) is 4.74 Å². The molecule has 0 spiro atoms. The van der Waals surface area contributed by atoms with Gasteiger partial charge in [-0.25, -0.2) is 0 Å². The van der Waals surface area contributed by atoms with Crippen LogP contribution in [0.15, 0.2) is 30.3 Å². The molecule has 1 aliphatic rings. The van der Waals surface area contributed by atoms with Gasteiger partial charge in [0.2, 0.25) is 0 Å². The molecule has 18 heavy (non-hydrogen) atoms. The summed E-state index contributed by atoms with van der Waals surface area (Å²) >= 11 is 0. The maximum Gasteiger partial charge on any atom is 0.178 e. The lowest BCUT2D eigenvalue weighted by atomic mass is 9.97. The molecule has 100 valence electrons. The smallest absolute Gasteiger partial charge is 0.178 e. The molecule has 5 atom stereocenters. The molecule has 1 aromatic carbocycles. The van der Waals surface area contributed by atoms with E-state index in [9.17, 15) is 15.3 Å². The van der Waals surface area contributed by atoms with Crippen molar-refractivity contribution in [1.82, 2.24) is 0 Å². The topological polar surface area (TPSA) is 102 Å². The molecule has 0 aromatic heterocycles.